The Morgan fingerprint density at radius 3 is 2.94 bits per heavy atom. The molecule has 1 aliphatic rings. The van der Waals surface area contributed by atoms with Crippen LogP contribution in [-0.4, -0.2) is 23.5 Å². The molecule has 5 heteroatoms. The zero-order valence-corrected chi connectivity index (χ0v) is 9.69. The zero-order valence-electron chi connectivity index (χ0n) is 9.69. The molecule has 1 saturated carbocycles. The van der Waals surface area contributed by atoms with Crippen LogP contribution in [-0.2, 0) is 11.3 Å². The number of hydrogen-bond acceptors (Lipinski definition) is 4. The van der Waals surface area contributed by atoms with E-state index in [-0.39, 0.29) is 5.91 Å². The molecule has 0 radical (unpaired) electrons. The molecule has 5 nitrogen and oxygen atoms in total. The Kier molecular flexibility index (Phi) is 3.93. The number of nitrogens with one attached hydrogen (secondary N) is 1. The number of pyridine rings is 1. The van der Waals surface area contributed by atoms with Crippen LogP contribution in [0.5, 0.6) is 5.75 Å². The smallest absolute Gasteiger partial charge is 0.223 e. The van der Waals surface area contributed by atoms with Crippen molar-refractivity contribution in [2.75, 3.05) is 6.61 Å². The van der Waals surface area contributed by atoms with Gasteiger partial charge in [0.1, 0.15) is 5.75 Å². The number of amides is 1. The van der Waals surface area contributed by atoms with Gasteiger partial charge in [-0.25, -0.2) is 0 Å². The second-order valence-corrected chi connectivity index (χ2v) is 4.13. The fourth-order valence-electron chi connectivity index (χ4n) is 1.41. The molecule has 1 fully saturated rings. The van der Waals surface area contributed by atoms with Crippen LogP contribution in [0.1, 0.15) is 25.0 Å². The van der Waals surface area contributed by atoms with Gasteiger partial charge in [0.2, 0.25) is 5.91 Å². The van der Waals surface area contributed by atoms with Gasteiger partial charge >= 0.3 is 0 Å². The molecule has 2 rings (SSSR count). The molecule has 1 aromatic rings. The van der Waals surface area contributed by atoms with Crippen molar-refractivity contribution in [1.29, 1.82) is 0 Å². The molecule has 0 aliphatic heterocycles. The van der Waals surface area contributed by atoms with E-state index in [0.29, 0.717) is 31.4 Å². The van der Waals surface area contributed by atoms with Gasteiger partial charge in [-0.05, 0) is 25.0 Å². The first-order chi connectivity index (χ1) is 8.28. The van der Waals surface area contributed by atoms with Crippen molar-refractivity contribution in [3.63, 3.8) is 0 Å². The zero-order chi connectivity index (χ0) is 12.1. The van der Waals surface area contributed by atoms with Gasteiger partial charge in [0.25, 0.3) is 0 Å². The highest BCUT2D eigenvalue weighted by molar-refractivity contribution is 5.76. The van der Waals surface area contributed by atoms with Crippen LogP contribution in [0.15, 0.2) is 18.3 Å². The maximum atomic E-state index is 11.4. The summed E-state index contributed by atoms with van der Waals surface area (Å²) >= 11 is 0. The fourth-order valence-corrected chi connectivity index (χ4v) is 1.41. The van der Waals surface area contributed by atoms with Crippen molar-refractivity contribution >= 4 is 5.91 Å². The van der Waals surface area contributed by atoms with Crippen LogP contribution in [0.25, 0.3) is 0 Å². The number of carbonyl (C=O) groups excluding carboxylic acids is 1. The maximum Gasteiger partial charge on any atom is 0.223 e. The van der Waals surface area contributed by atoms with Crippen LogP contribution in [0.3, 0.4) is 0 Å². The summed E-state index contributed by atoms with van der Waals surface area (Å²) in [5.41, 5.74) is 6.26. The lowest BCUT2D eigenvalue weighted by Crippen LogP contribution is -2.26. The molecule has 1 aromatic heterocycles. The minimum atomic E-state index is 0.0547. The van der Waals surface area contributed by atoms with E-state index in [2.05, 4.69) is 10.3 Å². The summed E-state index contributed by atoms with van der Waals surface area (Å²) in [5.74, 6) is 0.723. The Morgan fingerprint density at radius 1 is 1.53 bits per heavy atom. The first-order valence-corrected chi connectivity index (χ1v) is 5.85. The molecular formula is C12H17N3O2. The minimum Gasteiger partial charge on any atom is -0.491 e. The van der Waals surface area contributed by atoms with Gasteiger partial charge < -0.3 is 15.8 Å². The van der Waals surface area contributed by atoms with Crippen molar-refractivity contribution in [3.05, 3.63) is 24.0 Å². The number of ether oxygens (including phenoxy) is 1. The first-order valence-electron chi connectivity index (χ1n) is 5.85. The van der Waals surface area contributed by atoms with Crippen molar-refractivity contribution in [2.24, 2.45) is 5.73 Å². The van der Waals surface area contributed by atoms with E-state index in [1.54, 1.807) is 6.20 Å². The second kappa shape index (κ2) is 5.63. The van der Waals surface area contributed by atoms with Gasteiger partial charge in [-0.1, -0.05) is 0 Å². The van der Waals surface area contributed by atoms with Crippen LogP contribution in [0.4, 0.5) is 0 Å². The molecule has 0 unspecified atom stereocenters. The molecule has 1 aliphatic carbocycles. The summed E-state index contributed by atoms with van der Waals surface area (Å²) in [5, 5.41) is 2.91. The average molecular weight is 235 g/mol. The van der Waals surface area contributed by atoms with Gasteiger partial charge in [0.15, 0.2) is 0 Å². The fraction of sp³-hybridized carbons (Fsp3) is 0.500. The monoisotopic (exact) mass is 235 g/mol. The van der Waals surface area contributed by atoms with E-state index in [1.807, 2.05) is 12.1 Å². The summed E-state index contributed by atoms with van der Waals surface area (Å²) in [6, 6.07) is 4.04. The third-order valence-corrected chi connectivity index (χ3v) is 2.55. The standard InChI is InChI=1S/C12H17N3O2/c13-7-10-3-4-11(8-14-10)17-6-5-12(16)15-9-1-2-9/h3-4,8-9H,1-2,5-7,13H2,(H,15,16). The van der Waals surface area contributed by atoms with Gasteiger partial charge in [0.05, 0.1) is 24.9 Å². The Labute approximate surface area is 100 Å². The van der Waals surface area contributed by atoms with E-state index in [0.717, 1.165) is 18.5 Å². The minimum absolute atomic E-state index is 0.0547. The van der Waals surface area contributed by atoms with Gasteiger partial charge in [-0.15, -0.1) is 0 Å². The largest absolute Gasteiger partial charge is 0.491 e. The average Bonchev–Trinajstić information content (AvgIpc) is 3.14. The normalized spacial score (nSPS) is 14.4. The first kappa shape index (κ1) is 11.9. The molecule has 0 bridgehead atoms. The van der Waals surface area contributed by atoms with E-state index in [9.17, 15) is 4.79 Å². The van der Waals surface area contributed by atoms with E-state index >= 15 is 0 Å². The number of nitrogens with zero attached hydrogens (tertiary/aromatic N) is 1. The van der Waals surface area contributed by atoms with Gasteiger partial charge in [-0.2, -0.15) is 0 Å². The predicted octanol–water partition coefficient (Wildman–Crippen LogP) is 0.588. The highest BCUT2D eigenvalue weighted by Crippen LogP contribution is 2.18. The molecule has 3 N–H and O–H groups in total. The third kappa shape index (κ3) is 4.03. The van der Waals surface area contributed by atoms with Crippen molar-refractivity contribution < 1.29 is 9.53 Å². The quantitative estimate of drug-likeness (QED) is 0.756. The summed E-state index contributed by atoms with van der Waals surface area (Å²) in [6.45, 7) is 0.798. The molecule has 0 atom stereocenters. The number of nitrogens with two attached hydrogens (primary N) is 1. The Hall–Kier alpha value is -1.62. The Balaban J connectivity index is 1.67. The number of rotatable bonds is 6. The molecule has 1 amide bonds. The van der Waals surface area contributed by atoms with Crippen molar-refractivity contribution in [1.82, 2.24) is 10.3 Å². The van der Waals surface area contributed by atoms with Crippen molar-refractivity contribution in [2.45, 2.75) is 31.8 Å². The highest BCUT2D eigenvalue weighted by Gasteiger charge is 2.22. The summed E-state index contributed by atoms with van der Waals surface area (Å²) in [4.78, 5) is 15.5. The third-order valence-electron chi connectivity index (χ3n) is 2.55. The Bertz CT molecular complexity index is 374. The molecule has 0 saturated heterocycles. The molecule has 0 aromatic carbocycles. The summed E-state index contributed by atoms with van der Waals surface area (Å²) < 4.78 is 5.41. The summed E-state index contributed by atoms with van der Waals surface area (Å²) in [7, 11) is 0. The van der Waals surface area contributed by atoms with Crippen LogP contribution in [0, 0.1) is 0 Å². The molecular weight excluding hydrogens is 218 g/mol. The second-order valence-electron chi connectivity index (χ2n) is 4.13. The maximum absolute atomic E-state index is 11.4. The van der Waals surface area contributed by atoms with Gasteiger partial charge in [0, 0.05) is 12.6 Å². The van der Waals surface area contributed by atoms with Crippen molar-refractivity contribution in [3.8, 4) is 5.75 Å². The Morgan fingerprint density at radius 2 is 2.35 bits per heavy atom. The van der Waals surface area contributed by atoms with Crippen LogP contribution in [0.2, 0.25) is 0 Å². The topological polar surface area (TPSA) is 77.2 Å². The van der Waals surface area contributed by atoms with Gasteiger partial charge in [-0.3, -0.25) is 9.78 Å². The SMILES string of the molecule is NCc1ccc(OCCC(=O)NC2CC2)cn1. The number of aromatic nitrogens is 1. The number of hydrogen-bond donors (Lipinski definition) is 2. The lowest BCUT2D eigenvalue weighted by atomic mass is 10.3. The lowest BCUT2D eigenvalue weighted by Gasteiger charge is -2.06. The van der Waals surface area contributed by atoms with Crippen LogP contribution < -0.4 is 15.8 Å². The number of carbonyl (C=O) groups is 1. The van der Waals surface area contributed by atoms with E-state index < -0.39 is 0 Å². The van der Waals surface area contributed by atoms with Crippen LogP contribution >= 0.6 is 0 Å². The highest BCUT2D eigenvalue weighted by atomic mass is 16.5. The van der Waals surface area contributed by atoms with E-state index in [1.165, 1.54) is 0 Å². The summed E-state index contributed by atoms with van der Waals surface area (Å²) in [6.07, 6.45) is 4.23. The molecule has 92 valence electrons. The molecule has 1 heterocycles. The molecule has 17 heavy (non-hydrogen) atoms. The predicted molar refractivity (Wildman–Crippen MR) is 63.4 cm³/mol. The van der Waals surface area contributed by atoms with E-state index in [4.69, 9.17) is 10.5 Å². The lowest BCUT2D eigenvalue weighted by molar-refractivity contribution is -0.121. The molecule has 0 spiro atoms.